The molecule has 0 spiro atoms. The number of ketones is 1. The average Bonchev–Trinajstić information content (AvgIpc) is 2.35. The Morgan fingerprint density at radius 3 is 2.44 bits per heavy atom. The van der Waals surface area contributed by atoms with E-state index in [1.165, 1.54) is 6.92 Å². The van der Waals surface area contributed by atoms with Gasteiger partial charge in [-0.25, -0.2) is 0 Å². The number of rotatable bonds is 5. The third-order valence-corrected chi connectivity index (χ3v) is 3.36. The van der Waals surface area contributed by atoms with Crippen molar-refractivity contribution in [3.63, 3.8) is 0 Å². The second-order valence-electron chi connectivity index (χ2n) is 4.32. The van der Waals surface area contributed by atoms with Crippen LogP contribution in [-0.4, -0.2) is 11.7 Å². The van der Waals surface area contributed by atoms with Gasteiger partial charge in [-0.1, -0.05) is 43.6 Å². The van der Waals surface area contributed by atoms with Gasteiger partial charge in [0.15, 0.2) is 0 Å². The molecule has 0 aliphatic carbocycles. The fourth-order valence-corrected chi connectivity index (χ4v) is 1.96. The van der Waals surface area contributed by atoms with Crippen LogP contribution in [0.15, 0.2) is 24.3 Å². The van der Waals surface area contributed by atoms with Gasteiger partial charge in [-0.3, -0.25) is 9.59 Å². The van der Waals surface area contributed by atoms with Gasteiger partial charge in [0.25, 0.3) is 0 Å². The van der Waals surface area contributed by atoms with Crippen molar-refractivity contribution in [1.82, 2.24) is 5.32 Å². The Labute approximate surface area is 113 Å². The van der Waals surface area contributed by atoms with Crippen LogP contribution >= 0.6 is 11.6 Å². The molecule has 0 heterocycles. The normalized spacial score (nSPS) is 13.8. The van der Waals surface area contributed by atoms with E-state index in [1.807, 2.05) is 18.2 Å². The molecule has 3 nitrogen and oxygen atoms in total. The molecule has 1 amide bonds. The number of carbonyl (C=O) groups is 2. The quantitative estimate of drug-likeness (QED) is 0.891. The van der Waals surface area contributed by atoms with E-state index >= 15 is 0 Å². The lowest BCUT2D eigenvalue weighted by molar-refractivity contribution is -0.124. The molecule has 4 heteroatoms. The van der Waals surface area contributed by atoms with Gasteiger partial charge >= 0.3 is 0 Å². The van der Waals surface area contributed by atoms with Crippen LogP contribution in [-0.2, 0) is 9.59 Å². The minimum absolute atomic E-state index is 0.0244. The number of Topliss-reactive ketones (excluding diaryl/α,β-unsaturated/α-hetero) is 1. The third kappa shape index (κ3) is 3.57. The molecule has 1 rings (SSSR count). The molecule has 0 fully saturated rings. The monoisotopic (exact) mass is 267 g/mol. The summed E-state index contributed by atoms with van der Waals surface area (Å²) in [5, 5.41) is 3.42. The van der Waals surface area contributed by atoms with Crippen molar-refractivity contribution >= 4 is 23.3 Å². The fraction of sp³-hybridized carbons (Fsp3) is 0.429. The molecule has 0 saturated carbocycles. The molecule has 1 aromatic carbocycles. The molecule has 0 bridgehead atoms. The minimum atomic E-state index is -0.372. The lowest BCUT2D eigenvalue weighted by Crippen LogP contribution is -2.34. The summed E-state index contributed by atoms with van der Waals surface area (Å²) in [6, 6.07) is 6.89. The molecule has 98 valence electrons. The Balaban J connectivity index is 3.08. The Morgan fingerprint density at radius 1 is 1.33 bits per heavy atom. The highest BCUT2D eigenvalue weighted by Gasteiger charge is 2.25. The summed E-state index contributed by atoms with van der Waals surface area (Å²) in [5.41, 5.74) is 0.781. The molecular weight excluding hydrogens is 250 g/mol. The van der Waals surface area contributed by atoms with Gasteiger partial charge in [-0.2, -0.15) is 0 Å². The molecule has 0 radical (unpaired) electrons. The summed E-state index contributed by atoms with van der Waals surface area (Å²) in [4.78, 5) is 23.1. The van der Waals surface area contributed by atoms with Gasteiger partial charge in [-0.15, -0.1) is 0 Å². The van der Waals surface area contributed by atoms with Crippen LogP contribution in [0.2, 0.25) is 5.02 Å². The largest absolute Gasteiger partial charge is 0.349 e. The fourth-order valence-electron chi connectivity index (χ4n) is 1.71. The molecule has 0 aromatic heterocycles. The number of carbonyl (C=O) groups excluding carboxylic acids is 2. The number of nitrogens with one attached hydrogen (secondary N) is 1. The van der Waals surface area contributed by atoms with Crippen molar-refractivity contribution in [2.75, 3.05) is 0 Å². The second kappa shape index (κ2) is 6.55. The highest BCUT2D eigenvalue weighted by molar-refractivity contribution is 6.31. The predicted molar refractivity (Wildman–Crippen MR) is 72.5 cm³/mol. The maximum Gasteiger partial charge on any atom is 0.220 e. The zero-order chi connectivity index (χ0) is 13.7. The van der Waals surface area contributed by atoms with Crippen LogP contribution in [0.3, 0.4) is 0 Å². The van der Waals surface area contributed by atoms with Crippen molar-refractivity contribution < 1.29 is 9.59 Å². The van der Waals surface area contributed by atoms with Gasteiger partial charge in [0.1, 0.15) is 5.78 Å². The number of hydrogen-bond donors (Lipinski definition) is 1. The molecular formula is C14H18ClNO2. The van der Waals surface area contributed by atoms with E-state index in [2.05, 4.69) is 5.32 Å². The van der Waals surface area contributed by atoms with E-state index < -0.39 is 0 Å². The summed E-state index contributed by atoms with van der Waals surface area (Å²) in [6.07, 6.45) is 0.381. The Morgan fingerprint density at radius 2 is 1.94 bits per heavy atom. The highest BCUT2D eigenvalue weighted by Crippen LogP contribution is 2.28. The molecule has 0 aliphatic heterocycles. The molecule has 2 atom stereocenters. The molecule has 1 aromatic rings. The van der Waals surface area contributed by atoms with Gasteiger partial charge in [0, 0.05) is 17.4 Å². The van der Waals surface area contributed by atoms with Gasteiger partial charge in [-0.05, 0) is 18.6 Å². The predicted octanol–water partition coefficient (Wildman–Crippen LogP) is 3.13. The highest BCUT2D eigenvalue weighted by atomic mass is 35.5. The van der Waals surface area contributed by atoms with Crippen LogP contribution in [0.25, 0.3) is 0 Å². The smallest absolute Gasteiger partial charge is 0.220 e. The van der Waals surface area contributed by atoms with Crippen LogP contribution in [0.1, 0.15) is 38.8 Å². The zero-order valence-electron chi connectivity index (χ0n) is 10.9. The molecule has 1 N–H and O–H groups in total. The molecule has 0 aliphatic rings. The van der Waals surface area contributed by atoms with Crippen LogP contribution in [0.5, 0.6) is 0 Å². The van der Waals surface area contributed by atoms with Crippen molar-refractivity contribution in [3.8, 4) is 0 Å². The summed E-state index contributed by atoms with van der Waals surface area (Å²) >= 11 is 6.13. The average molecular weight is 268 g/mol. The van der Waals surface area contributed by atoms with Gasteiger partial charge in [0.2, 0.25) is 5.91 Å². The molecule has 0 saturated heterocycles. The number of benzene rings is 1. The van der Waals surface area contributed by atoms with E-state index in [-0.39, 0.29) is 23.7 Å². The first-order valence-corrected chi connectivity index (χ1v) is 6.39. The lowest BCUT2D eigenvalue weighted by atomic mass is 9.91. The van der Waals surface area contributed by atoms with E-state index in [0.29, 0.717) is 11.4 Å². The van der Waals surface area contributed by atoms with Crippen LogP contribution < -0.4 is 5.32 Å². The minimum Gasteiger partial charge on any atom is -0.349 e. The van der Waals surface area contributed by atoms with E-state index in [0.717, 1.165) is 5.56 Å². The Bertz CT molecular complexity index is 445. The third-order valence-electron chi connectivity index (χ3n) is 3.02. The van der Waals surface area contributed by atoms with E-state index in [4.69, 9.17) is 11.6 Å². The SMILES string of the molecule is CCC(=O)N[C@H](c1ccccc1Cl)[C@@H](C)C(C)=O. The van der Waals surface area contributed by atoms with Crippen molar-refractivity contribution in [2.24, 2.45) is 5.92 Å². The summed E-state index contributed by atoms with van der Waals surface area (Å²) in [7, 11) is 0. The van der Waals surface area contributed by atoms with Crippen molar-refractivity contribution in [3.05, 3.63) is 34.9 Å². The molecule has 0 unspecified atom stereocenters. The first-order chi connectivity index (χ1) is 8.47. The van der Waals surface area contributed by atoms with Gasteiger partial charge < -0.3 is 5.32 Å². The zero-order valence-corrected chi connectivity index (χ0v) is 11.6. The summed E-state index contributed by atoms with van der Waals surface area (Å²) in [5.74, 6) is -0.371. The first-order valence-electron chi connectivity index (χ1n) is 6.01. The van der Waals surface area contributed by atoms with E-state index in [1.54, 1.807) is 19.9 Å². The maximum atomic E-state index is 11.6. The molecule has 18 heavy (non-hydrogen) atoms. The summed E-state index contributed by atoms with van der Waals surface area (Å²) in [6.45, 7) is 5.09. The number of halogens is 1. The van der Waals surface area contributed by atoms with Crippen molar-refractivity contribution in [1.29, 1.82) is 0 Å². The summed E-state index contributed by atoms with van der Waals surface area (Å²) < 4.78 is 0. The van der Waals surface area contributed by atoms with Crippen LogP contribution in [0.4, 0.5) is 0 Å². The maximum absolute atomic E-state index is 11.6. The van der Waals surface area contributed by atoms with Crippen LogP contribution in [0, 0.1) is 5.92 Å². The Hall–Kier alpha value is -1.35. The first kappa shape index (κ1) is 14.7. The van der Waals surface area contributed by atoms with Gasteiger partial charge in [0.05, 0.1) is 6.04 Å². The van der Waals surface area contributed by atoms with Crippen molar-refractivity contribution in [2.45, 2.75) is 33.2 Å². The number of hydrogen-bond acceptors (Lipinski definition) is 2. The van der Waals surface area contributed by atoms with E-state index in [9.17, 15) is 9.59 Å². The Kier molecular flexibility index (Phi) is 5.35. The lowest BCUT2D eigenvalue weighted by Gasteiger charge is -2.24. The second-order valence-corrected chi connectivity index (χ2v) is 4.73. The number of amides is 1. The topological polar surface area (TPSA) is 46.2 Å². The standard InChI is InChI=1S/C14H18ClNO2/c1-4-13(18)16-14(9(2)10(3)17)11-7-5-6-8-12(11)15/h5-9,14H,4H2,1-3H3,(H,16,18)/t9-,14-/m0/s1.